The molecule has 2 spiro atoms. The van der Waals surface area contributed by atoms with Gasteiger partial charge in [0.2, 0.25) is 0 Å². The fourth-order valence-corrected chi connectivity index (χ4v) is 6.42. The van der Waals surface area contributed by atoms with Gasteiger partial charge in [-0.1, -0.05) is 78.9 Å². The monoisotopic (exact) mass is 450 g/mol. The average molecular weight is 451 g/mol. The molecule has 3 aliphatic rings. The lowest BCUT2D eigenvalue weighted by molar-refractivity contribution is -0.152. The van der Waals surface area contributed by atoms with Crippen LogP contribution in [0.2, 0.25) is 0 Å². The molecule has 2 saturated heterocycles. The van der Waals surface area contributed by atoms with Crippen LogP contribution in [0.1, 0.15) is 22.6 Å². The number of rotatable bonds is 2. The third-order valence-corrected chi connectivity index (χ3v) is 7.79. The van der Waals surface area contributed by atoms with Gasteiger partial charge in [-0.15, -0.1) is 0 Å². The minimum Gasteiger partial charge on any atom is -0.375 e. The maximum atomic E-state index is 14.6. The molecule has 0 bridgehead atoms. The summed E-state index contributed by atoms with van der Waals surface area (Å²) in [6.07, 6.45) is 1.91. The van der Waals surface area contributed by atoms with Gasteiger partial charge in [0.15, 0.2) is 5.78 Å². The highest BCUT2D eigenvalue weighted by Gasteiger charge is 2.74. The molecule has 3 atom stereocenters. The highest BCUT2D eigenvalue weighted by atomic mass is 16.5. The number of fused-ring (bicyclic) bond motifs is 3. The van der Waals surface area contributed by atoms with Gasteiger partial charge in [-0.3, -0.25) is 14.5 Å². The Morgan fingerprint density at radius 2 is 1.62 bits per heavy atom. The van der Waals surface area contributed by atoms with Crippen LogP contribution in [0.3, 0.4) is 0 Å². The molecule has 3 heterocycles. The van der Waals surface area contributed by atoms with Crippen molar-refractivity contribution in [2.75, 3.05) is 32.1 Å². The van der Waals surface area contributed by atoms with E-state index in [0.29, 0.717) is 12.1 Å². The smallest absolute Gasteiger partial charge is 0.250 e. The molecule has 2 fully saturated rings. The van der Waals surface area contributed by atoms with E-state index in [2.05, 4.69) is 22.3 Å². The zero-order valence-electron chi connectivity index (χ0n) is 19.0. The summed E-state index contributed by atoms with van der Waals surface area (Å²) in [5.74, 6) is -0.372. The van der Waals surface area contributed by atoms with Crippen LogP contribution in [0.4, 0.5) is 5.69 Å². The molecule has 6 rings (SSSR count). The van der Waals surface area contributed by atoms with Crippen molar-refractivity contribution in [2.24, 2.45) is 5.41 Å². The van der Waals surface area contributed by atoms with Crippen molar-refractivity contribution in [3.05, 3.63) is 107 Å². The molecule has 0 aliphatic carbocycles. The first-order valence-electron chi connectivity index (χ1n) is 11.6. The summed E-state index contributed by atoms with van der Waals surface area (Å²) in [5, 5.41) is 3.08. The second kappa shape index (κ2) is 7.76. The summed E-state index contributed by atoms with van der Waals surface area (Å²) < 4.78 is 6.22. The highest BCUT2D eigenvalue weighted by Crippen LogP contribution is 2.63. The van der Waals surface area contributed by atoms with Crippen molar-refractivity contribution in [3.8, 4) is 0 Å². The van der Waals surface area contributed by atoms with Gasteiger partial charge >= 0.3 is 0 Å². The summed E-state index contributed by atoms with van der Waals surface area (Å²) in [4.78, 5) is 30.7. The molecule has 34 heavy (non-hydrogen) atoms. The van der Waals surface area contributed by atoms with Gasteiger partial charge in [0.1, 0.15) is 5.54 Å². The number of carbonyl (C=O) groups excluding carboxylic acids is 2. The van der Waals surface area contributed by atoms with E-state index in [1.165, 1.54) is 0 Å². The highest BCUT2D eigenvalue weighted by molar-refractivity contribution is 6.15. The van der Waals surface area contributed by atoms with Crippen LogP contribution in [-0.2, 0) is 19.9 Å². The van der Waals surface area contributed by atoms with Gasteiger partial charge < -0.3 is 10.1 Å². The van der Waals surface area contributed by atoms with Gasteiger partial charge in [0, 0.05) is 29.3 Å². The quantitative estimate of drug-likeness (QED) is 0.594. The number of ether oxygens (including phenoxy) is 1. The Hall–Kier alpha value is -3.54. The van der Waals surface area contributed by atoms with Crippen molar-refractivity contribution < 1.29 is 14.3 Å². The Balaban J connectivity index is 1.61. The van der Waals surface area contributed by atoms with Crippen LogP contribution < -0.4 is 5.32 Å². The van der Waals surface area contributed by atoms with Crippen LogP contribution >= 0.6 is 0 Å². The minimum atomic E-state index is -1.16. The summed E-state index contributed by atoms with van der Waals surface area (Å²) >= 11 is 0. The summed E-state index contributed by atoms with van der Waals surface area (Å²) in [6, 6.07) is 27.6. The Bertz CT molecular complexity index is 1300. The molecule has 0 radical (unpaired) electrons. The fourth-order valence-electron chi connectivity index (χ4n) is 6.42. The maximum Gasteiger partial charge on any atom is 0.250 e. The summed E-state index contributed by atoms with van der Waals surface area (Å²) in [6.45, 7) is 0.989. The molecule has 3 aromatic carbocycles. The molecule has 3 aliphatic heterocycles. The molecule has 0 saturated carbocycles. The Morgan fingerprint density at radius 1 is 0.941 bits per heavy atom. The van der Waals surface area contributed by atoms with Crippen LogP contribution in [0.15, 0.2) is 90.5 Å². The first-order valence-corrected chi connectivity index (χ1v) is 11.6. The molecule has 0 unspecified atom stereocenters. The molecule has 5 nitrogen and oxygen atoms in total. The fraction of sp³-hybridized carbons (Fsp3) is 0.241. The molecule has 5 heteroatoms. The zero-order valence-corrected chi connectivity index (χ0v) is 19.0. The minimum absolute atomic E-state index is 0.00680. The molecular weight excluding hydrogens is 424 g/mol. The molecule has 170 valence electrons. The van der Waals surface area contributed by atoms with Gasteiger partial charge in [-0.2, -0.15) is 0 Å². The standard InChI is InChI=1S/C29H26N2O3/c1-31-17-24(21-12-6-3-7-13-21)28(29(31)23-14-8-9-15-25(23)30-27(29)33)19-34-18-22(26(28)32)16-20-10-4-2-5-11-20/h2-16,24H,17-19H2,1H3,(H,30,33)/b22-16+/t24-,28+,29+/m1/s1. The van der Waals surface area contributed by atoms with E-state index in [4.69, 9.17) is 4.74 Å². The predicted molar refractivity (Wildman–Crippen MR) is 131 cm³/mol. The number of nitrogens with one attached hydrogen (secondary N) is 1. The number of amides is 1. The summed E-state index contributed by atoms with van der Waals surface area (Å²) in [7, 11) is 1.95. The molecule has 0 aromatic heterocycles. The van der Waals surface area contributed by atoms with Crippen molar-refractivity contribution >= 4 is 23.5 Å². The van der Waals surface area contributed by atoms with Gasteiger partial charge in [0.05, 0.1) is 18.6 Å². The number of para-hydroxylation sites is 1. The topological polar surface area (TPSA) is 58.6 Å². The molecular formula is C29H26N2O3. The second-order valence-electron chi connectivity index (χ2n) is 9.43. The number of nitrogens with zero attached hydrogens (tertiary/aromatic N) is 1. The second-order valence-corrected chi connectivity index (χ2v) is 9.43. The largest absolute Gasteiger partial charge is 0.375 e. The number of carbonyl (C=O) groups is 2. The van der Waals surface area contributed by atoms with E-state index in [1.807, 2.05) is 85.9 Å². The van der Waals surface area contributed by atoms with Gasteiger partial charge in [0.25, 0.3) is 5.91 Å². The third-order valence-electron chi connectivity index (χ3n) is 7.79. The molecule has 1 amide bonds. The first-order chi connectivity index (χ1) is 16.6. The van der Waals surface area contributed by atoms with Crippen LogP contribution in [-0.4, -0.2) is 43.4 Å². The lowest BCUT2D eigenvalue weighted by atomic mass is 9.57. The first kappa shape index (κ1) is 21.0. The van der Waals surface area contributed by atoms with Crippen molar-refractivity contribution in [2.45, 2.75) is 11.5 Å². The third kappa shape index (κ3) is 2.68. The van der Waals surface area contributed by atoms with Crippen molar-refractivity contribution in [3.63, 3.8) is 0 Å². The molecule has 3 aromatic rings. The lowest BCUT2D eigenvalue weighted by Crippen LogP contribution is -2.62. The summed E-state index contributed by atoms with van der Waals surface area (Å²) in [5.41, 5.74) is 1.94. The van der Waals surface area contributed by atoms with Gasteiger partial charge in [-0.25, -0.2) is 0 Å². The normalized spacial score (nSPS) is 29.7. The zero-order chi connectivity index (χ0) is 23.3. The van der Waals surface area contributed by atoms with E-state index >= 15 is 0 Å². The van der Waals surface area contributed by atoms with Crippen LogP contribution in [0.5, 0.6) is 0 Å². The van der Waals surface area contributed by atoms with Crippen molar-refractivity contribution in [1.82, 2.24) is 4.90 Å². The number of hydrogen-bond donors (Lipinski definition) is 1. The van der Waals surface area contributed by atoms with E-state index < -0.39 is 11.0 Å². The van der Waals surface area contributed by atoms with Crippen LogP contribution in [0.25, 0.3) is 6.08 Å². The van der Waals surface area contributed by atoms with Gasteiger partial charge in [-0.05, 0) is 30.3 Å². The Labute approximate surface area is 199 Å². The number of ketones is 1. The van der Waals surface area contributed by atoms with E-state index in [1.54, 1.807) is 0 Å². The number of Topliss-reactive ketones (excluding diaryl/α,β-unsaturated/α-hetero) is 1. The Kier molecular flexibility index (Phi) is 4.80. The number of likely N-dealkylation sites (N-methyl/N-ethyl adjacent to an activating group) is 1. The number of anilines is 1. The van der Waals surface area contributed by atoms with Crippen LogP contribution in [0, 0.1) is 5.41 Å². The van der Waals surface area contributed by atoms with E-state index in [-0.39, 0.29) is 30.8 Å². The predicted octanol–water partition coefficient (Wildman–Crippen LogP) is 4.23. The lowest BCUT2D eigenvalue weighted by Gasteiger charge is -2.48. The SMILES string of the molecule is CN1C[C@H](c2ccccc2)[C@]2(COC/C(=C\c3ccccc3)C2=O)[C@]12C(=O)Nc1ccccc12. The Morgan fingerprint density at radius 3 is 2.38 bits per heavy atom. The van der Waals surface area contributed by atoms with Crippen molar-refractivity contribution in [1.29, 1.82) is 0 Å². The average Bonchev–Trinajstić information content (AvgIpc) is 3.31. The van der Waals surface area contributed by atoms with E-state index in [9.17, 15) is 9.59 Å². The maximum absolute atomic E-state index is 14.6. The van der Waals surface area contributed by atoms with E-state index in [0.717, 1.165) is 22.4 Å². The number of hydrogen-bond acceptors (Lipinski definition) is 4. The number of benzene rings is 3. The number of likely N-dealkylation sites (tertiary alicyclic amines) is 1. The molecule has 1 N–H and O–H groups in total.